The number of imidazole rings is 1. The van der Waals surface area contributed by atoms with Crippen molar-refractivity contribution in [3.63, 3.8) is 0 Å². The standard InChI is InChI=1S/C8H11BrN2O2/c1-3-11-6(9)5-10-7(11)8(12)13-4-2/h5H,3-4H2,1-2H3. The molecule has 4 nitrogen and oxygen atoms in total. The second kappa shape index (κ2) is 4.41. The molecule has 1 rings (SSSR count). The predicted molar refractivity (Wildman–Crippen MR) is 51.6 cm³/mol. The van der Waals surface area contributed by atoms with Gasteiger partial charge in [-0.15, -0.1) is 0 Å². The Bertz CT molecular complexity index is 309. The molecular formula is C8H11BrN2O2. The highest BCUT2D eigenvalue weighted by molar-refractivity contribution is 9.10. The van der Waals surface area contributed by atoms with Gasteiger partial charge in [0.05, 0.1) is 12.8 Å². The van der Waals surface area contributed by atoms with Crippen molar-refractivity contribution in [2.24, 2.45) is 0 Å². The van der Waals surface area contributed by atoms with E-state index in [0.29, 0.717) is 19.0 Å². The van der Waals surface area contributed by atoms with E-state index in [4.69, 9.17) is 4.74 Å². The second-order valence-corrected chi connectivity index (χ2v) is 3.18. The molecule has 0 aliphatic carbocycles. The van der Waals surface area contributed by atoms with Gasteiger partial charge in [-0.2, -0.15) is 0 Å². The number of halogens is 1. The summed E-state index contributed by atoms with van der Waals surface area (Å²) in [6, 6.07) is 0. The molecule has 13 heavy (non-hydrogen) atoms. The van der Waals surface area contributed by atoms with Crippen LogP contribution >= 0.6 is 15.9 Å². The van der Waals surface area contributed by atoms with Crippen LogP contribution in [0.1, 0.15) is 24.5 Å². The van der Waals surface area contributed by atoms with Crippen molar-refractivity contribution in [2.45, 2.75) is 20.4 Å². The van der Waals surface area contributed by atoms with Crippen LogP contribution in [-0.2, 0) is 11.3 Å². The molecule has 72 valence electrons. The van der Waals surface area contributed by atoms with Crippen LogP contribution < -0.4 is 0 Å². The van der Waals surface area contributed by atoms with Gasteiger partial charge in [-0.3, -0.25) is 0 Å². The van der Waals surface area contributed by atoms with Crippen LogP contribution in [0.5, 0.6) is 0 Å². The number of hydrogen-bond donors (Lipinski definition) is 0. The van der Waals surface area contributed by atoms with E-state index < -0.39 is 0 Å². The fraction of sp³-hybridized carbons (Fsp3) is 0.500. The second-order valence-electron chi connectivity index (χ2n) is 2.37. The van der Waals surface area contributed by atoms with E-state index in [0.717, 1.165) is 4.60 Å². The third-order valence-electron chi connectivity index (χ3n) is 1.58. The van der Waals surface area contributed by atoms with Crippen LogP contribution in [0.25, 0.3) is 0 Å². The summed E-state index contributed by atoms with van der Waals surface area (Å²) in [6.07, 6.45) is 1.59. The number of carbonyl (C=O) groups is 1. The largest absolute Gasteiger partial charge is 0.460 e. The van der Waals surface area contributed by atoms with E-state index in [1.807, 2.05) is 6.92 Å². The highest BCUT2D eigenvalue weighted by atomic mass is 79.9. The molecule has 0 saturated carbocycles. The predicted octanol–water partition coefficient (Wildman–Crippen LogP) is 1.84. The molecule has 0 unspecified atom stereocenters. The van der Waals surface area contributed by atoms with E-state index in [2.05, 4.69) is 20.9 Å². The van der Waals surface area contributed by atoms with Crippen LogP contribution in [0, 0.1) is 0 Å². The topological polar surface area (TPSA) is 44.1 Å². The number of aromatic nitrogens is 2. The average molecular weight is 247 g/mol. The third-order valence-corrected chi connectivity index (χ3v) is 2.21. The van der Waals surface area contributed by atoms with Gasteiger partial charge < -0.3 is 9.30 Å². The molecule has 0 saturated heterocycles. The first-order chi connectivity index (χ1) is 6.20. The van der Waals surface area contributed by atoms with Crippen LogP contribution in [0.15, 0.2) is 10.8 Å². The molecule has 1 aromatic rings. The van der Waals surface area contributed by atoms with Crippen LogP contribution in [-0.4, -0.2) is 22.1 Å². The minimum absolute atomic E-state index is 0.344. The summed E-state index contributed by atoms with van der Waals surface area (Å²) < 4.78 is 7.38. The first-order valence-corrected chi connectivity index (χ1v) is 4.88. The highest BCUT2D eigenvalue weighted by Crippen LogP contribution is 2.12. The maximum Gasteiger partial charge on any atom is 0.374 e. The Morgan fingerprint density at radius 2 is 2.38 bits per heavy atom. The zero-order valence-electron chi connectivity index (χ0n) is 7.58. The number of rotatable bonds is 3. The lowest BCUT2D eigenvalue weighted by Crippen LogP contribution is -2.12. The minimum atomic E-state index is -0.380. The Labute approximate surface area is 85.0 Å². The van der Waals surface area contributed by atoms with Crippen molar-refractivity contribution in [3.8, 4) is 0 Å². The Morgan fingerprint density at radius 1 is 1.69 bits per heavy atom. The lowest BCUT2D eigenvalue weighted by atomic mass is 10.5. The number of esters is 1. The Balaban J connectivity index is 2.93. The summed E-state index contributed by atoms with van der Waals surface area (Å²) >= 11 is 3.29. The summed E-state index contributed by atoms with van der Waals surface area (Å²) in [5.74, 6) is -0.0359. The molecule has 0 atom stereocenters. The molecular weight excluding hydrogens is 236 g/mol. The SMILES string of the molecule is CCOC(=O)c1ncc(Br)n1CC. The van der Waals surface area contributed by atoms with Gasteiger partial charge in [-0.05, 0) is 29.8 Å². The van der Waals surface area contributed by atoms with E-state index in [1.54, 1.807) is 17.7 Å². The first-order valence-electron chi connectivity index (χ1n) is 4.08. The zero-order chi connectivity index (χ0) is 9.84. The molecule has 1 heterocycles. The van der Waals surface area contributed by atoms with Gasteiger partial charge in [0.1, 0.15) is 4.60 Å². The molecule has 0 spiro atoms. The molecule has 0 aliphatic rings. The van der Waals surface area contributed by atoms with Gasteiger partial charge >= 0.3 is 5.97 Å². The van der Waals surface area contributed by atoms with E-state index in [1.165, 1.54) is 0 Å². The van der Waals surface area contributed by atoms with E-state index >= 15 is 0 Å². The van der Waals surface area contributed by atoms with Crippen molar-refractivity contribution in [1.82, 2.24) is 9.55 Å². The maximum absolute atomic E-state index is 11.3. The number of nitrogens with zero attached hydrogens (tertiary/aromatic N) is 2. The number of carbonyl (C=O) groups excluding carboxylic acids is 1. The van der Waals surface area contributed by atoms with Gasteiger partial charge in [0.25, 0.3) is 0 Å². The average Bonchev–Trinajstić information content (AvgIpc) is 2.47. The Morgan fingerprint density at radius 3 is 2.92 bits per heavy atom. The van der Waals surface area contributed by atoms with Crippen molar-refractivity contribution in [2.75, 3.05) is 6.61 Å². The van der Waals surface area contributed by atoms with Gasteiger partial charge in [-0.1, -0.05) is 0 Å². The minimum Gasteiger partial charge on any atom is -0.460 e. The molecule has 0 bridgehead atoms. The first kappa shape index (κ1) is 10.2. The van der Waals surface area contributed by atoms with Crippen molar-refractivity contribution in [1.29, 1.82) is 0 Å². The van der Waals surface area contributed by atoms with Gasteiger partial charge in [0.2, 0.25) is 5.82 Å². The molecule has 0 fully saturated rings. The van der Waals surface area contributed by atoms with Crippen LogP contribution in [0.2, 0.25) is 0 Å². The summed E-state index contributed by atoms with van der Waals surface area (Å²) in [7, 11) is 0. The van der Waals surface area contributed by atoms with E-state index in [-0.39, 0.29) is 5.97 Å². The van der Waals surface area contributed by atoms with Crippen molar-refractivity contribution >= 4 is 21.9 Å². The number of ether oxygens (including phenoxy) is 1. The van der Waals surface area contributed by atoms with Gasteiger partial charge in [0.15, 0.2) is 0 Å². The molecule has 1 aromatic heterocycles. The monoisotopic (exact) mass is 246 g/mol. The smallest absolute Gasteiger partial charge is 0.374 e. The normalized spacial score (nSPS) is 10.1. The summed E-state index contributed by atoms with van der Waals surface area (Å²) in [6.45, 7) is 4.77. The van der Waals surface area contributed by atoms with Crippen molar-refractivity contribution < 1.29 is 9.53 Å². The highest BCUT2D eigenvalue weighted by Gasteiger charge is 2.15. The van der Waals surface area contributed by atoms with Gasteiger partial charge in [0, 0.05) is 6.54 Å². The molecule has 0 N–H and O–H groups in total. The summed E-state index contributed by atoms with van der Waals surface area (Å²) in [5, 5.41) is 0. The Hall–Kier alpha value is -0.840. The molecule has 0 radical (unpaired) electrons. The fourth-order valence-electron chi connectivity index (χ4n) is 1.01. The van der Waals surface area contributed by atoms with E-state index in [9.17, 15) is 4.79 Å². The van der Waals surface area contributed by atoms with Crippen LogP contribution in [0.4, 0.5) is 0 Å². The molecule has 5 heteroatoms. The van der Waals surface area contributed by atoms with Gasteiger partial charge in [-0.25, -0.2) is 9.78 Å². The summed E-state index contributed by atoms with van der Waals surface area (Å²) in [4.78, 5) is 15.3. The maximum atomic E-state index is 11.3. The summed E-state index contributed by atoms with van der Waals surface area (Å²) in [5.41, 5.74) is 0. The fourth-order valence-corrected chi connectivity index (χ4v) is 1.54. The van der Waals surface area contributed by atoms with Crippen LogP contribution in [0.3, 0.4) is 0 Å². The quantitative estimate of drug-likeness (QED) is 0.765. The lowest BCUT2D eigenvalue weighted by molar-refractivity contribution is 0.0506. The lowest BCUT2D eigenvalue weighted by Gasteiger charge is -2.04. The zero-order valence-corrected chi connectivity index (χ0v) is 9.17. The Kier molecular flexibility index (Phi) is 3.48. The third kappa shape index (κ3) is 2.09. The van der Waals surface area contributed by atoms with Crippen molar-refractivity contribution in [3.05, 3.63) is 16.6 Å². The molecule has 0 aromatic carbocycles. The number of hydrogen-bond acceptors (Lipinski definition) is 3. The molecule has 0 amide bonds. The molecule has 0 aliphatic heterocycles.